The average molecular weight is 348 g/mol. The SMILES string of the molecule is O=C(Nc1nc(-c2cccnc2)cs1)c1cnn(-c2ccccc2)n1. The van der Waals surface area contributed by atoms with Gasteiger partial charge in [-0.3, -0.25) is 15.1 Å². The van der Waals surface area contributed by atoms with Crippen LogP contribution < -0.4 is 5.32 Å². The van der Waals surface area contributed by atoms with Crippen molar-refractivity contribution in [1.82, 2.24) is 25.0 Å². The van der Waals surface area contributed by atoms with Gasteiger partial charge in [-0.1, -0.05) is 18.2 Å². The van der Waals surface area contributed by atoms with Crippen LogP contribution in [-0.4, -0.2) is 30.9 Å². The Kier molecular flexibility index (Phi) is 4.01. The molecule has 1 amide bonds. The van der Waals surface area contributed by atoms with E-state index >= 15 is 0 Å². The third-order valence-electron chi connectivity index (χ3n) is 3.39. The molecule has 8 heteroatoms. The average Bonchev–Trinajstić information content (AvgIpc) is 3.33. The number of para-hydroxylation sites is 1. The number of carbonyl (C=O) groups is 1. The number of hydrogen-bond acceptors (Lipinski definition) is 6. The number of rotatable bonds is 4. The highest BCUT2D eigenvalue weighted by Crippen LogP contribution is 2.24. The Morgan fingerprint density at radius 3 is 2.76 bits per heavy atom. The lowest BCUT2D eigenvalue weighted by Crippen LogP contribution is -2.13. The van der Waals surface area contributed by atoms with E-state index in [0.717, 1.165) is 16.9 Å². The molecule has 0 saturated carbocycles. The molecule has 0 fully saturated rings. The smallest absolute Gasteiger partial charge is 0.279 e. The molecule has 0 radical (unpaired) electrons. The maximum absolute atomic E-state index is 12.3. The molecule has 0 spiro atoms. The Morgan fingerprint density at radius 1 is 1.08 bits per heavy atom. The Hall–Kier alpha value is -3.39. The Balaban J connectivity index is 1.50. The van der Waals surface area contributed by atoms with E-state index in [1.54, 1.807) is 12.4 Å². The number of pyridine rings is 1. The van der Waals surface area contributed by atoms with Crippen molar-refractivity contribution in [3.8, 4) is 16.9 Å². The van der Waals surface area contributed by atoms with Gasteiger partial charge in [-0.25, -0.2) is 4.98 Å². The normalized spacial score (nSPS) is 10.6. The summed E-state index contributed by atoms with van der Waals surface area (Å²) < 4.78 is 0. The summed E-state index contributed by atoms with van der Waals surface area (Å²) >= 11 is 1.34. The van der Waals surface area contributed by atoms with Crippen molar-refractivity contribution in [2.75, 3.05) is 5.32 Å². The summed E-state index contributed by atoms with van der Waals surface area (Å²) in [6.45, 7) is 0. The molecule has 7 nitrogen and oxygen atoms in total. The number of nitrogens with zero attached hydrogens (tertiary/aromatic N) is 5. The molecule has 3 aromatic heterocycles. The largest absolute Gasteiger partial charge is 0.296 e. The van der Waals surface area contributed by atoms with E-state index in [-0.39, 0.29) is 11.6 Å². The van der Waals surface area contributed by atoms with Crippen LogP contribution in [0, 0.1) is 0 Å². The molecule has 4 rings (SSSR count). The number of anilines is 1. The van der Waals surface area contributed by atoms with Crippen LogP contribution in [0.3, 0.4) is 0 Å². The summed E-state index contributed by atoms with van der Waals surface area (Å²) in [6.07, 6.45) is 4.86. The fourth-order valence-corrected chi connectivity index (χ4v) is 2.91. The molecule has 0 unspecified atom stereocenters. The lowest BCUT2D eigenvalue weighted by atomic mass is 10.2. The van der Waals surface area contributed by atoms with Crippen LogP contribution in [-0.2, 0) is 0 Å². The first-order valence-corrected chi connectivity index (χ1v) is 8.32. The molecule has 25 heavy (non-hydrogen) atoms. The first-order chi connectivity index (χ1) is 12.3. The zero-order valence-corrected chi connectivity index (χ0v) is 13.7. The molecule has 1 N–H and O–H groups in total. The van der Waals surface area contributed by atoms with Crippen LogP contribution in [0.2, 0.25) is 0 Å². The van der Waals surface area contributed by atoms with E-state index in [0.29, 0.717) is 5.13 Å². The number of aromatic nitrogens is 5. The molecule has 0 aliphatic carbocycles. The first-order valence-electron chi connectivity index (χ1n) is 7.45. The zero-order valence-electron chi connectivity index (χ0n) is 12.9. The minimum Gasteiger partial charge on any atom is -0.296 e. The number of thiazole rings is 1. The Labute approximate surface area is 147 Å². The summed E-state index contributed by atoms with van der Waals surface area (Å²) in [5.41, 5.74) is 2.67. The number of amides is 1. The van der Waals surface area contributed by atoms with Crippen LogP contribution >= 0.6 is 11.3 Å². The van der Waals surface area contributed by atoms with Gasteiger partial charge in [-0.15, -0.1) is 16.4 Å². The van der Waals surface area contributed by atoms with Gasteiger partial charge < -0.3 is 0 Å². The number of benzene rings is 1. The monoisotopic (exact) mass is 348 g/mol. The van der Waals surface area contributed by atoms with E-state index in [1.165, 1.54) is 22.3 Å². The van der Waals surface area contributed by atoms with Gasteiger partial charge in [0.1, 0.15) is 0 Å². The van der Waals surface area contributed by atoms with Crippen molar-refractivity contribution in [3.05, 3.63) is 72.1 Å². The maximum atomic E-state index is 12.3. The summed E-state index contributed by atoms with van der Waals surface area (Å²) in [5.74, 6) is -0.353. The van der Waals surface area contributed by atoms with Gasteiger partial charge in [-0.05, 0) is 24.3 Å². The zero-order chi connectivity index (χ0) is 17.1. The first kappa shape index (κ1) is 15.2. The fourth-order valence-electron chi connectivity index (χ4n) is 2.19. The quantitative estimate of drug-likeness (QED) is 0.613. The van der Waals surface area contributed by atoms with Gasteiger partial charge in [0.25, 0.3) is 5.91 Å². The van der Waals surface area contributed by atoms with Gasteiger partial charge in [0.2, 0.25) is 0 Å². The summed E-state index contributed by atoms with van der Waals surface area (Å²) in [4.78, 5) is 22.2. The third-order valence-corrected chi connectivity index (χ3v) is 4.15. The highest BCUT2D eigenvalue weighted by Gasteiger charge is 2.14. The molecule has 0 aliphatic rings. The molecule has 4 aromatic rings. The molecule has 0 bridgehead atoms. The van der Waals surface area contributed by atoms with Crippen molar-refractivity contribution >= 4 is 22.4 Å². The lowest BCUT2D eigenvalue weighted by molar-refractivity contribution is 0.102. The van der Waals surface area contributed by atoms with Crippen LogP contribution in [0.25, 0.3) is 16.9 Å². The Morgan fingerprint density at radius 2 is 1.96 bits per heavy atom. The second-order valence-electron chi connectivity index (χ2n) is 5.09. The Bertz CT molecular complexity index is 996. The van der Waals surface area contributed by atoms with Gasteiger partial charge >= 0.3 is 0 Å². The highest BCUT2D eigenvalue weighted by molar-refractivity contribution is 7.14. The van der Waals surface area contributed by atoms with Gasteiger partial charge in [0.05, 0.1) is 17.6 Å². The topological polar surface area (TPSA) is 85.6 Å². The lowest BCUT2D eigenvalue weighted by Gasteiger charge is -1.99. The van der Waals surface area contributed by atoms with E-state index in [2.05, 4.69) is 25.5 Å². The third kappa shape index (κ3) is 3.29. The molecule has 0 saturated heterocycles. The molecular formula is C17H12N6OS. The molecular weight excluding hydrogens is 336 g/mol. The van der Waals surface area contributed by atoms with Crippen molar-refractivity contribution in [1.29, 1.82) is 0 Å². The minimum atomic E-state index is -0.353. The van der Waals surface area contributed by atoms with Gasteiger partial charge in [0, 0.05) is 23.3 Å². The van der Waals surface area contributed by atoms with E-state index in [4.69, 9.17) is 0 Å². The van der Waals surface area contributed by atoms with E-state index in [9.17, 15) is 4.79 Å². The van der Waals surface area contributed by atoms with Crippen LogP contribution in [0.4, 0.5) is 5.13 Å². The van der Waals surface area contributed by atoms with Crippen molar-refractivity contribution in [3.63, 3.8) is 0 Å². The second-order valence-corrected chi connectivity index (χ2v) is 5.95. The van der Waals surface area contributed by atoms with Crippen LogP contribution in [0.5, 0.6) is 0 Å². The van der Waals surface area contributed by atoms with E-state index in [1.807, 2.05) is 47.8 Å². The van der Waals surface area contributed by atoms with Gasteiger partial charge in [-0.2, -0.15) is 9.90 Å². The minimum absolute atomic E-state index is 0.224. The predicted octanol–water partition coefficient (Wildman–Crippen LogP) is 3.04. The number of nitrogens with one attached hydrogen (secondary N) is 1. The molecule has 1 aromatic carbocycles. The van der Waals surface area contributed by atoms with Crippen molar-refractivity contribution < 1.29 is 4.79 Å². The molecule has 0 atom stereocenters. The number of carbonyl (C=O) groups excluding carboxylic acids is 1. The van der Waals surface area contributed by atoms with Crippen LogP contribution in [0.15, 0.2) is 66.4 Å². The van der Waals surface area contributed by atoms with Crippen LogP contribution in [0.1, 0.15) is 10.5 Å². The summed E-state index contributed by atoms with van der Waals surface area (Å²) in [7, 11) is 0. The predicted molar refractivity (Wildman–Crippen MR) is 94.7 cm³/mol. The summed E-state index contributed by atoms with van der Waals surface area (Å²) in [5, 5.41) is 13.4. The van der Waals surface area contributed by atoms with Crippen molar-refractivity contribution in [2.45, 2.75) is 0 Å². The molecule has 0 aliphatic heterocycles. The standard InChI is InChI=1S/C17H12N6OS/c24-16(14-10-19-23(22-14)13-6-2-1-3-7-13)21-17-20-15(11-25-17)12-5-4-8-18-9-12/h1-11H,(H,20,21,24). The van der Waals surface area contributed by atoms with Crippen molar-refractivity contribution in [2.24, 2.45) is 0 Å². The van der Waals surface area contributed by atoms with Gasteiger partial charge in [0.15, 0.2) is 10.8 Å². The second kappa shape index (κ2) is 6.62. The number of hydrogen-bond donors (Lipinski definition) is 1. The fraction of sp³-hybridized carbons (Fsp3) is 0. The molecule has 3 heterocycles. The summed E-state index contributed by atoms with van der Waals surface area (Å²) in [6, 6.07) is 13.2. The van der Waals surface area contributed by atoms with E-state index < -0.39 is 0 Å². The maximum Gasteiger partial charge on any atom is 0.279 e. The highest BCUT2D eigenvalue weighted by atomic mass is 32.1. The molecule has 122 valence electrons.